The van der Waals surface area contributed by atoms with E-state index in [1.807, 2.05) is 17.9 Å². The van der Waals surface area contributed by atoms with Crippen molar-refractivity contribution in [2.75, 3.05) is 26.7 Å². The minimum atomic E-state index is 0.207. The normalized spacial score (nSPS) is 35.4. The molecule has 0 aromatic carbocycles. The number of amides is 1. The predicted octanol–water partition coefficient (Wildman–Crippen LogP) is 2.20. The molecular weight excluding hydrogens is 264 g/mol. The van der Waals surface area contributed by atoms with Crippen LogP contribution in [0.1, 0.15) is 45.4 Å². The lowest BCUT2D eigenvalue weighted by atomic mass is 9.96. The van der Waals surface area contributed by atoms with Gasteiger partial charge in [0.25, 0.3) is 0 Å². The van der Waals surface area contributed by atoms with Gasteiger partial charge in [-0.05, 0) is 52.5 Å². The molecule has 3 heterocycles. The van der Waals surface area contributed by atoms with Gasteiger partial charge in [0.15, 0.2) is 0 Å². The minimum absolute atomic E-state index is 0.207. The van der Waals surface area contributed by atoms with Crippen molar-refractivity contribution in [3.63, 3.8) is 0 Å². The standard InChI is InChI=1S/C17H28N2O2/c1-3-21-16-5-4-8-19(12-16)17(20)11-13-9-14-6-7-15(10-13)18(14)2/h11,14-16H,3-10,12H2,1-2H3/t14-,15+,16-/m0/s1. The maximum Gasteiger partial charge on any atom is 0.246 e. The molecule has 3 fully saturated rings. The third kappa shape index (κ3) is 3.32. The Morgan fingerprint density at radius 2 is 2.00 bits per heavy atom. The first-order valence-electron chi connectivity index (χ1n) is 8.49. The molecule has 3 saturated heterocycles. The number of likely N-dealkylation sites (tertiary alicyclic amines) is 1. The molecule has 4 heteroatoms. The molecule has 21 heavy (non-hydrogen) atoms. The highest BCUT2D eigenvalue weighted by atomic mass is 16.5. The van der Waals surface area contributed by atoms with Crippen LogP contribution >= 0.6 is 0 Å². The van der Waals surface area contributed by atoms with Crippen molar-refractivity contribution < 1.29 is 9.53 Å². The Balaban J connectivity index is 1.59. The first-order valence-corrected chi connectivity index (χ1v) is 8.49. The molecule has 0 aliphatic carbocycles. The Hall–Kier alpha value is -0.870. The number of carbonyl (C=O) groups excluding carboxylic acids is 1. The Bertz CT molecular complexity index is 403. The quantitative estimate of drug-likeness (QED) is 0.748. The van der Waals surface area contributed by atoms with E-state index < -0.39 is 0 Å². The SMILES string of the molecule is CCO[C@H]1CCCN(C(=O)C=C2C[C@H]3CC[C@@H](C2)N3C)C1. The molecule has 3 aliphatic heterocycles. The number of ether oxygens (including phenoxy) is 1. The van der Waals surface area contributed by atoms with E-state index in [0.717, 1.165) is 45.4 Å². The molecule has 0 saturated carbocycles. The van der Waals surface area contributed by atoms with Crippen LogP contribution in [0.15, 0.2) is 11.6 Å². The topological polar surface area (TPSA) is 32.8 Å². The fourth-order valence-electron chi connectivity index (χ4n) is 4.16. The van der Waals surface area contributed by atoms with Crippen LogP contribution in [0.3, 0.4) is 0 Å². The molecule has 0 aromatic rings. The lowest BCUT2D eigenvalue weighted by molar-refractivity contribution is -0.130. The number of piperidine rings is 2. The molecule has 4 nitrogen and oxygen atoms in total. The van der Waals surface area contributed by atoms with Crippen LogP contribution in [0.4, 0.5) is 0 Å². The first-order chi connectivity index (χ1) is 10.2. The number of carbonyl (C=O) groups is 1. The zero-order valence-electron chi connectivity index (χ0n) is 13.4. The second kappa shape index (κ2) is 6.49. The Morgan fingerprint density at radius 3 is 2.67 bits per heavy atom. The lowest BCUT2D eigenvalue weighted by Gasteiger charge is -2.34. The highest BCUT2D eigenvalue weighted by Crippen LogP contribution is 2.37. The summed E-state index contributed by atoms with van der Waals surface area (Å²) >= 11 is 0. The third-order valence-electron chi connectivity index (χ3n) is 5.40. The molecule has 0 spiro atoms. The van der Waals surface area contributed by atoms with Crippen LogP contribution in [0.2, 0.25) is 0 Å². The van der Waals surface area contributed by atoms with E-state index >= 15 is 0 Å². The summed E-state index contributed by atoms with van der Waals surface area (Å²) in [5.41, 5.74) is 1.36. The summed E-state index contributed by atoms with van der Waals surface area (Å²) in [5, 5.41) is 0. The summed E-state index contributed by atoms with van der Waals surface area (Å²) in [6.45, 7) is 4.42. The average molecular weight is 292 g/mol. The highest BCUT2D eigenvalue weighted by molar-refractivity contribution is 5.88. The predicted molar refractivity (Wildman–Crippen MR) is 83.1 cm³/mol. The molecule has 0 unspecified atom stereocenters. The molecule has 2 bridgehead atoms. The second-order valence-corrected chi connectivity index (χ2v) is 6.77. The van der Waals surface area contributed by atoms with E-state index in [-0.39, 0.29) is 12.0 Å². The van der Waals surface area contributed by atoms with Crippen LogP contribution in [0, 0.1) is 0 Å². The van der Waals surface area contributed by atoms with Crippen LogP contribution in [0.25, 0.3) is 0 Å². The van der Waals surface area contributed by atoms with Gasteiger partial charge in [-0.15, -0.1) is 0 Å². The van der Waals surface area contributed by atoms with Crippen molar-refractivity contribution in [3.8, 4) is 0 Å². The monoisotopic (exact) mass is 292 g/mol. The van der Waals surface area contributed by atoms with Gasteiger partial charge in [0.1, 0.15) is 0 Å². The zero-order valence-corrected chi connectivity index (χ0v) is 13.4. The molecule has 1 amide bonds. The summed E-state index contributed by atoms with van der Waals surface area (Å²) < 4.78 is 5.69. The lowest BCUT2D eigenvalue weighted by Crippen LogP contribution is -2.43. The largest absolute Gasteiger partial charge is 0.377 e. The van der Waals surface area contributed by atoms with Crippen LogP contribution in [-0.4, -0.2) is 60.6 Å². The van der Waals surface area contributed by atoms with E-state index in [9.17, 15) is 4.79 Å². The molecule has 0 aromatic heterocycles. The summed E-state index contributed by atoms with van der Waals surface area (Å²) in [7, 11) is 2.23. The maximum absolute atomic E-state index is 12.5. The Kier molecular flexibility index (Phi) is 4.65. The number of nitrogens with zero attached hydrogens (tertiary/aromatic N) is 2. The van der Waals surface area contributed by atoms with Gasteiger partial charge >= 0.3 is 0 Å². The number of hydrogen-bond acceptors (Lipinski definition) is 3. The van der Waals surface area contributed by atoms with Crippen LogP contribution in [-0.2, 0) is 9.53 Å². The smallest absolute Gasteiger partial charge is 0.246 e. The molecule has 3 rings (SSSR count). The number of hydrogen-bond donors (Lipinski definition) is 0. The van der Waals surface area contributed by atoms with Crippen LogP contribution in [0.5, 0.6) is 0 Å². The second-order valence-electron chi connectivity index (χ2n) is 6.77. The van der Waals surface area contributed by atoms with Crippen molar-refractivity contribution >= 4 is 5.91 Å². The van der Waals surface area contributed by atoms with Crippen molar-refractivity contribution in [3.05, 3.63) is 11.6 Å². The summed E-state index contributed by atoms with van der Waals surface area (Å²) in [6.07, 6.45) is 9.08. The van der Waals surface area contributed by atoms with Gasteiger partial charge in [-0.25, -0.2) is 0 Å². The molecule has 3 atom stereocenters. The number of rotatable bonds is 3. The fraction of sp³-hybridized carbons (Fsp3) is 0.824. The van der Waals surface area contributed by atoms with Gasteiger partial charge in [-0.3, -0.25) is 9.69 Å². The fourth-order valence-corrected chi connectivity index (χ4v) is 4.16. The van der Waals surface area contributed by atoms with Gasteiger partial charge in [0.2, 0.25) is 5.91 Å². The van der Waals surface area contributed by atoms with Gasteiger partial charge < -0.3 is 9.64 Å². The van der Waals surface area contributed by atoms with Crippen LogP contribution < -0.4 is 0 Å². The van der Waals surface area contributed by atoms with Gasteiger partial charge in [0, 0.05) is 37.9 Å². The molecule has 118 valence electrons. The van der Waals surface area contributed by atoms with Crippen molar-refractivity contribution in [1.29, 1.82) is 0 Å². The van der Waals surface area contributed by atoms with E-state index in [1.54, 1.807) is 0 Å². The maximum atomic E-state index is 12.5. The molecule has 0 radical (unpaired) electrons. The Labute approximate surface area is 128 Å². The van der Waals surface area contributed by atoms with Crippen molar-refractivity contribution in [2.45, 2.75) is 63.6 Å². The third-order valence-corrected chi connectivity index (χ3v) is 5.40. The summed E-state index contributed by atoms with van der Waals surface area (Å²) in [5.74, 6) is 0.207. The van der Waals surface area contributed by atoms with E-state index in [0.29, 0.717) is 12.1 Å². The van der Waals surface area contributed by atoms with E-state index in [1.165, 1.54) is 18.4 Å². The summed E-state index contributed by atoms with van der Waals surface area (Å²) in [6, 6.07) is 1.33. The van der Waals surface area contributed by atoms with Gasteiger partial charge in [-0.1, -0.05) is 5.57 Å². The highest BCUT2D eigenvalue weighted by Gasteiger charge is 2.36. The van der Waals surface area contributed by atoms with Gasteiger partial charge in [0.05, 0.1) is 6.10 Å². The minimum Gasteiger partial charge on any atom is -0.377 e. The zero-order chi connectivity index (χ0) is 14.8. The number of fused-ring (bicyclic) bond motifs is 2. The molecular formula is C17H28N2O2. The van der Waals surface area contributed by atoms with E-state index in [2.05, 4.69) is 11.9 Å². The Morgan fingerprint density at radius 1 is 1.29 bits per heavy atom. The average Bonchev–Trinajstić information content (AvgIpc) is 2.70. The van der Waals surface area contributed by atoms with Crippen molar-refractivity contribution in [2.24, 2.45) is 0 Å². The van der Waals surface area contributed by atoms with E-state index in [4.69, 9.17) is 4.74 Å². The first kappa shape index (κ1) is 15.0. The molecule has 3 aliphatic rings. The molecule has 0 N–H and O–H groups in total. The van der Waals surface area contributed by atoms with Gasteiger partial charge in [-0.2, -0.15) is 0 Å². The summed E-state index contributed by atoms with van der Waals surface area (Å²) in [4.78, 5) is 17.0. The van der Waals surface area contributed by atoms with Crippen molar-refractivity contribution in [1.82, 2.24) is 9.80 Å².